The van der Waals surface area contributed by atoms with Crippen LogP contribution < -0.4 is 4.74 Å². The number of piperidine rings is 1. The first-order valence-corrected chi connectivity index (χ1v) is 9.73. The molecule has 2 heterocycles. The maximum Gasteiger partial charge on any atom is 0.260 e. The van der Waals surface area contributed by atoms with Crippen molar-refractivity contribution in [1.82, 2.24) is 14.9 Å². The molecular weight excluding hydrogens is 369 g/mol. The van der Waals surface area contributed by atoms with Gasteiger partial charge in [-0.05, 0) is 49.2 Å². The van der Waals surface area contributed by atoms with Gasteiger partial charge in [-0.2, -0.15) is 0 Å². The molecule has 1 fully saturated rings. The van der Waals surface area contributed by atoms with E-state index in [1.54, 1.807) is 24.5 Å². The van der Waals surface area contributed by atoms with Crippen molar-refractivity contribution < 1.29 is 13.9 Å². The van der Waals surface area contributed by atoms with Gasteiger partial charge in [0, 0.05) is 37.0 Å². The molecule has 1 aliphatic rings. The molecule has 148 valence electrons. The molecule has 29 heavy (non-hydrogen) atoms. The van der Waals surface area contributed by atoms with E-state index in [2.05, 4.69) is 9.97 Å². The predicted octanol–water partition coefficient (Wildman–Crippen LogP) is 4.07. The van der Waals surface area contributed by atoms with E-state index in [9.17, 15) is 9.18 Å². The van der Waals surface area contributed by atoms with E-state index in [1.165, 1.54) is 12.1 Å². The molecule has 1 aliphatic heterocycles. The van der Waals surface area contributed by atoms with Crippen LogP contribution >= 0.6 is 0 Å². The van der Waals surface area contributed by atoms with Crippen molar-refractivity contribution >= 4 is 5.91 Å². The second-order valence-electron chi connectivity index (χ2n) is 7.08. The maximum atomic E-state index is 13.3. The van der Waals surface area contributed by atoms with Gasteiger partial charge in [-0.25, -0.2) is 4.39 Å². The van der Waals surface area contributed by atoms with Gasteiger partial charge in [-0.3, -0.25) is 14.8 Å². The molecule has 0 bridgehead atoms. The number of carbonyl (C=O) groups excluding carboxylic acids is 1. The molecule has 5 nitrogen and oxygen atoms in total. The molecule has 6 heteroatoms. The van der Waals surface area contributed by atoms with E-state index >= 15 is 0 Å². The summed E-state index contributed by atoms with van der Waals surface area (Å²) >= 11 is 0. The Morgan fingerprint density at radius 2 is 1.83 bits per heavy atom. The summed E-state index contributed by atoms with van der Waals surface area (Å²) < 4.78 is 18.9. The minimum Gasteiger partial charge on any atom is -0.484 e. The van der Waals surface area contributed by atoms with E-state index in [4.69, 9.17) is 4.74 Å². The van der Waals surface area contributed by atoms with Gasteiger partial charge in [0.15, 0.2) is 6.61 Å². The number of likely N-dealkylation sites (tertiary alicyclic amines) is 1. The monoisotopic (exact) mass is 391 g/mol. The van der Waals surface area contributed by atoms with Crippen LogP contribution in [-0.4, -0.2) is 40.5 Å². The fourth-order valence-corrected chi connectivity index (χ4v) is 3.66. The minimum atomic E-state index is -0.285. The molecule has 2 aromatic carbocycles. The molecule has 0 aliphatic carbocycles. The number of rotatable bonds is 5. The fourth-order valence-electron chi connectivity index (χ4n) is 3.66. The van der Waals surface area contributed by atoms with Crippen molar-refractivity contribution in [2.45, 2.75) is 18.8 Å². The number of para-hydroxylation sites is 1. The fraction of sp³-hybridized carbons (Fsp3) is 0.261. The maximum absolute atomic E-state index is 13.3. The van der Waals surface area contributed by atoms with Crippen molar-refractivity contribution in [2.24, 2.45) is 0 Å². The van der Waals surface area contributed by atoms with E-state index in [-0.39, 0.29) is 24.2 Å². The number of ether oxygens (including phenoxy) is 1. The summed E-state index contributed by atoms with van der Waals surface area (Å²) in [6.45, 7) is 1.30. The van der Waals surface area contributed by atoms with Crippen molar-refractivity contribution in [2.75, 3.05) is 19.7 Å². The molecule has 1 amide bonds. The highest BCUT2D eigenvalue weighted by Gasteiger charge is 2.28. The Morgan fingerprint density at radius 3 is 2.62 bits per heavy atom. The van der Waals surface area contributed by atoms with Gasteiger partial charge >= 0.3 is 0 Å². The highest BCUT2D eigenvalue weighted by atomic mass is 19.1. The molecule has 1 saturated heterocycles. The third-order valence-corrected chi connectivity index (χ3v) is 5.11. The summed E-state index contributed by atoms with van der Waals surface area (Å²) in [6.07, 6.45) is 5.13. The molecule has 4 rings (SSSR count). The molecule has 0 N–H and O–H groups in total. The van der Waals surface area contributed by atoms with Crippen LogP contribution in [0.1, 0.15) is 24.5 Å². The van der Waals surface area contributed by atoms with Crippen LogP contribution in [0.2, 0.25) is 0 Å². The van der Waals surface area contributed by atoms with E-state index in [0.29, 0.717) is 18.8 Å². The van der Waals surface area contributed by atoms with Crippen molar-refractivity contribution in [3.8, 4) is 17.0 Å². The van der Waals surface area contributed by atoms with Gasteiger partial charge in [0.05, 0.1) is 11.4 Å². The normalized spacial score (nSPS) is 16.4. The number of halogens is 1. The summed E-state index contributed by atoms with van der Waals surface area (Å²) in [5.74, 6) is 0.443. The number of hydrogen-bond donors (Lipinski definition) is 0. The molecule has 0 radical (unpaired) electrons. The largest absolute Gasteiger partial charge is 0.484 e. The van der Waals surface area contributed by atoms with Crippen LogP contribution in [0, 0.1) is 5.82 Å². The Labute approximate surface area is 169 Å². The van der Waals surface area contributed by atoms with Gasteiger partial charge in [0.1, 0.15) is 11.6 Å². The molecule has 0 unspecified atom stereocenters. The van der Waals surface area contributed by atoms with Crippen LogP contribution in [0.3, 0.4) is 0 Å². The lowest BCUT2D eigenvalue weighted by molar-refractivity contribution is -0.134. The van der Waals surface area contributed by atoms with Crippen molar-refractivity contribution in [3.05, 3.63) is 78.5 Å². The van der Waals surface area contributed by atoms with Crippen molar-refractivity contribution in [1.29, 1.82) is 0 Å². The van der Waals surface area contributed by atoms with E-state index in [1.807, 2.05) is 35.2 Å². The molecule has 1 aromatic heterocycles. The van der Waals surface area contributed by atoms with E-state index in [0.717, 1.165) is 29.8 Å². The standard InChI is InChI=1S/C23H22FN3O2/c24-19-10-8-17(9-11-19)22-23(26-13-12-25-22)18-5-4-14-27(15-18)21(28)16-29-20-6-2-1-3-7-20/h1-3,6-13,18H,4-5,14-16H2/t18-/m0/s1. The molecule has 3 aromatic rings. The number of hydrogen-bond acceptors (Lipinski definition) is 4. The minimum absolute atomic E-state index is 0.0159. The Kier molecular flexibility index (Phi) is 5.79. The second kappa shape index (κ2) is 8.82. The van der Waals surface area contributed by atoms with Crippen LogP contribution in [0.4, 0.5) is 4.39 Å². The zero-order valence-corrected chi connectivity index (χ0v) is 16.0. The highest BCUT2D eigenvalue weighted by Crippen LogP contribution is 2.31. The number of aromatic nitrogens is 2. The van der Waals surface area contributed by atoms with Gasteiger partial charge in [-0.15, -0.1) is 0 Å². The Morgan fingerprint density at radius 1 is 1.07 bits per heavy atom. The number of benzene rings is 2. The summed E-state index contributed by atoms with van der Waals surface area (Å²) in [6, 6.07) is 15.6. The van der Waals surface area contributed by atoms with Crippen LogP contribution in [-0.2, 0) is 4.79 Å². The van der Waals surface area contributed by atoms with Gasteiger partial charge in [0.25, 0.3) is 5.91 Å². The topological polar surface area (TPSA) is 55.3 Å². The SMILES string of the molecule is O=C(COc1ccccc1)N1CCC[C@H](c2nccnc2-c2ccc(F)cc2)C1. The second-order valence-corrected chi connectivity index (χ2v) is 7.08. The van der Waals surface area contributed by atoms with Crippen LogP contribution in [0.15, 0.2) is 67.0 Å². The summed E-state index contributed by atoms with van der Waals surface area (Å²) in [5, 5.41) is 0. The van der Waals surface area contributed by atoms with Crippen molar-refractivity contribution in [3.63, 3.8) is 0 Å². The summed E-state index contributed by atoms with van der Waals surface area (Å²) in [5.41, 5.74) is 2.42. The zero-order valence-electron chi connectivity index (χ0n) is 16.0. The summed E-state index contributed by atoms with van der Waals surface area (Å²) in [7, 11) is 0. The first-order chi connectivity index (χ1) is 14.2. The first-order valence-electron chi connectivity index (χ1n) is 9.73. The molecule has 1 atom stereocenters. The third kappa shape index (κ3) is 4.59. The molecular formula is C23H22FN3O2. The lowest BCUT2D eigenvalue weighted by atomic mass is 9.91. The third-order valence-electron chi connectivity index (χ3n) is 5.11. The Balaban J connectivity index is 1.47. The first kappa shape index (κ1) is 19.1. The predicted molar refractivity (Wildman–Crippen MR) is 108 cm³/mol. The Hall–Kier alpha value is -3.28. The lowest BCUT2D eigenvalue weighted by Gasteiger charge is -2.33. The average molecular weight is 391 g/mol. The van der Waals surface area contributed by atoms with Crippen LogP contribution in [0.25, 0.3) is 11.3 Å². The molecule has 0 saturated carbocycles. The quantitative estimate of drug-likeness (QED) is 0.658. The lowest BCUT2D eigenvalue weighted by Crippen LogP contribution is -2.41. The van der Waals surface area contributed by atoms with Crippen LogP contribution in [0.5, 0.6) is 5.75 Å². The highest BCUT2D eigenvalue weighted by molar-refractivity contribution is 5.78. The van der Waals surface area contributed by atoms with Gasteiger partial charge < -0.3 is 9.64 Å². The number of carbonyl (C=O) groups is 1. The summed E-state index contributed by atoms with van der Waals surface area (Å²) in [4.78, 5) is 23.5. The Bertz CT molecular complexity index is 963. The molecule has 0 spiro atoms. The van der Waals surface area contributed by atoms with E-state index < -0.39 is 0 Å². The zero-order chi connectivity index (χ0) is 20.1. The van der Waals surface area contributed by atoms with Gasteiger partial charge in [0.2, 0.25) is 0 Å². The van der Waals surface area contributed by atoms with Gasteiger partial charge in [-0.1, -0.05) is 18.2 Å². The average Bonchev–Trinajstić information content (AvgIpc) is 2.79. The number of nitrogens with zero attached hydrogens (tertiary/aromatic N) is 3. The number of amides is 1. The smallest absolute Gasteiger partial charge is 0.260 e.